The average molecular weight is 433 g/mol. The van der Waals surface area contributed by atoms with Crippen LogP contribution in [0.25, 0.3) is 32.0 Å². The molecule has 3 aromatic heterocycles. The monoisotopic (exact) mass is 432 g/mol. The molecule has 0 bridgehead atoms. The van der Waals surface area contributed by atoms with Gasteiger partial charge in [0.2, 0.25) is 0 Å². The maximum absolute atomic E-state index is 6.15. The molecule has 0 radical (unpaired) electrons. The van der Waals surface area contributed by atoms with Crippen LogP contribution in [-0.4, -0.2) is 30.6 Å². The molecule has 0 amide bonds. The van der Waals surface area contributed by atoms with Crippen molar-refractivity contribution in [2.24, 2.45) is 0 Å². The molecule has 6 nitrogen and oxygen atoms in total. The fraction of sp³-hybridized carbons (Fsp3) is 0.375. The molecule has 3 N–H and O–H groups in total. The molecule has 31 heavy (non-hydrogen) atoms. The zero-order valence-corrected chi connectivity index (χ0v) is 19.2. The standard InChI is InChI=1S/C24H28N6S/c1-23(2)11-16(12-24(3,4)29-23)30-14-28-19(15-8-6-5-7-9-15)20(30)18-10-17-21(25)26-13-27-22(17)31-18/h5-10,13-14,16,29H,11-12H2,1-4H3,(H2,25,26,27). The third kappa shape index (κ3) is 3.72. The largest absolute Gasteiger partial charge is 0.383 e. The van der Waals surface area contributed by atoms with Crippen LogP contribution in [0.15, 0.2) is 49.1 Å². The second kappa shape index (κ2) is 7.14. The van der Waals surface area contributed by atoms with E-state index in [4.69, 9.17) is 10.7 Å². The summed E-state index contributed by atoms with van der Waals surface area (Å²) in [4.78, 5) is 15.6. The number of piperidine rings is 1. The van der Waals surface area contributed by atoms with Gasteiger partial charge in [0.15, 0.2) is 0 Å². The molecule has 4 aromatic rings. The second-order valence-corrected chi connectivity index (χ2v) is 10.8. The molecule has 4 heterocycles. The SMILES string of the molecule is CC1(C)CC(n2cnc(-c3ccccc3)c2-c2cc3c(N)ncnc3s2)CC(C)(C)N1. The van der Waals surface area contributed by atoms with Gasteiger partial charge in [-0.3, -0.25) is 0 Å². The highest BCUT2D eigenvalue weighted by Crippen LogP contribution is 2.44. The molecule has 0 spiro atoms. The molecule has 0 saturated carbocycles. The molecule has 1 saturated heterocycles. The van der Waals surface area contributed by atoms with Crippen LogP contribution in [0.4, 0.5) is 5.82 Å². The van der Waals surface area contributed by atoms with Crippen LogP contribution in [0.1, 0.15) is 46.6 Å². The van der Waals surface area contributed by atoms with E-state index in [1.54, 1.807) is 11.3 Å². The number of thiophene rings is 1. The minimum Gasteiger partial charge on any atom is -0.383 e. The Hall–Kier alpha value is -2.77. The van der Waals surface area contributed by atoms with E-state index in [2.05, 4.69) is 77.9 Å². The molecule has 7 heteroatoms. The van der Waals surface area contributed by atoms with Crippen LogP contribution in [-0.2, 0) is 0 Å². The maximum atomic E-state index is 6.15. The number of anilines is 1. The normalized spacial score (nSPS) is 18.5. The fourth-order valence-electron chi connectivity index (χ4n) is 5.14. The average Bonchev–Trinajstić information content (AvgIpc) is 3.31. The summed E-state index contributed by atoms with van der Waals surface area (Å²) in [6.45, 7) is 9.13. The molecular formula is C24H28N6S. The van der Waals surface area contributed by atoms with Gasteiger partial charge in [-0.25, -0.2) is 15.0 Å². The van der Waals surface area contributed by atoms with Gasteiger partial charge in [-0.05, 0) is 46.6 Å². The van der Waals surface area contributed by atoms with E-state index in [1.165, 1.54) is 6.33 Å². The number of nitrogens with two attached hydrogens (primary N) is 1. The van der Waals surface area contributed by atoms with Crippen molar-refractivity contribution in [3.05, 3.63) is 49.1 Å². The van der Waals surface area contributed by atoms with Crippen molar-refractivity contribution in [1.29, 1.82) is 0 Å². The molecule has 1 aliphatic heterocycles. The Balaban J connectivity index is 1.71. The van der Waals surface area contributed by atoms with Crippen molar-refractivity contribution >= 4 is 27.4 Å². The van der Waals surface area contributed by atoms with Crippen LogP contribution < -0.4 is 11.1 Å². The quantitative estimate of drug-likeness (QED) is 0.460. The predicted octanol–water partition coefficient (Wildman–Crippen LogP) is 5.29. The minimum absolute atomic E-state index is 0.0386. The van der Waals surface area contributed by atoms with Crippen LogP contribution >= 0.6 is 11.3 Å². The Morgan fingerprint density at radius 1 is 1.03 bits per heavy atom. The van der Waals surface area contributed by atoms with E-state index in [1.807, 2.05) is 12.4 Å². The summed E-state index contributed by atoms with van der Waals surface area (Å²) < 4.78 is 2.38. The lowest BCUT2D eigenvalue weighted by molar-refractivity contribution is 0.133. The number of fused-ring (bicyclic) bond motifs is 1. The number of imidazole rings is 1. The van der Waals surface area contributed by atoms with Crippen molar-refractivity contribution in [3.63, 3.8) is 0 Å². The molecule has 1 fully saturated rings. The van der Waals surface area contributed by atoms with Gasteiger partial charge in [0.1, 0.15) is 17.0 Å². The van der Waals surface area contributed by atoms with E-state index in [0.29, 0.717) is 11.9 Å². The van der Waals surface area contributed by atoms with Gasteiger partial charge in [-0.15, -0.1) is 11.3 Å². The summed E-state index contributed by atoms with van der Waals surface area (Å²) in [5.41, 5.74) is 9.46. The van der Waals surface area contributed by atoms with Gasteiger partial charge >= 0.3 is 0 Å². The van der Waals surface area contributed by atoms with Crippen LogP contribution in [0, 0.1) is 0 Å². The first-order valence-corrected chi connectivity index (χ1v) is 11.5. The zero-order chi connectivity index (χ0) is 21.8. The fourth-order valence-corrected chi connectivity index (χ4v) is 6.20. The lowest BCUT2D eigenvalue weighted by Gasteiger charge is -2.47. The van der Waals surface area contributed by atoms with Gasteiger partial charge in [0, 0.05) is 22.7 Å². The molecule has 0 aliphatic carbocycles. The Morgan fingerprint density at radius 3 is 2.42 bits per heavy atom. The Kier molecular flexibility index (Phi) is 4.64. The van der Waals surface area contributed by atoms with Crippen molar-refractivity contribution in [1.82, 2.24) is 24.8 Å². The number of nitrogens with zero attached hydrogens (tertiary/aromatic N) is 4. The van der Waals surface area contributed by atoms with Gasteiger partial charge < -0.3 is 15.6 Å². The van der Waals surface area contributed by atoms with E-state index in [9.17, 15) is 0 Å². The number of nitrogen functional groups attached to an aromatic ring is 1. The van der Waals surface area contributed by atoms with Crippen molar-refractivity contribution in [3.8, 4) is 21.8 Å². The highest BCUT2D eigenvalue weighted by molar-refractivity contribution is 7.21. The van der Waals surface area contributed by atoms with Gasteiger partial charge in [-0.2, -0.15) is 0 Å². The first-order chi connectivity index (χ1) is 14.7. The van der Waals surface area contributed by atoms with E-state index >= 15 is 0 Å². The molecule has 1 aliphatic rings. The van der Waals surface area contributed by atoms with Crippen LogP contribution in [0.5, 0.6) is 0 Å². The Labute approximate surface area is 186 Å². The molecule has 0 unspecified atom stereocenters. The Bertz CT molecular complexity index is 1220. The summed E-state index contributed by atoms with van der Waals surface area (Å²) >= 11 is 1.65. The maximum Gasteiger partial charge on any atom is 0.135 e. The first-order valence-electron chi connectivity index (χ1n) is 10.6. The van der Waals surface area contributed by atoms with Gasteiger partial charge in [-0.1, -0.05) is 30.3 Å². The number of hydrogen-bond donors (Lipinski definition) is 2. The number of aromatic nitrogens is 4. The summed E-state index contributed by atoms with van der Waals surface area (Å²) in [5.74, 6) is 0.518. The van der Waals surface area contributed by atoms with E-state index in [-0.39, 0.29) is 11.1 Å². The highest BCUT2D eigenvalue weighted by Gasteiger charge is 2.39. The highest BCUT2D eigenvalue weighted by atomic mass is 32.1. The van der Waals surface area contributed by atoms with Crippen molar-refractivity contribution in [2.75, 3.05) is 5.73 Å². The van der Waals surface area contributed by atoms with Crippen molar-refractivity contribution in [2.45, 2.75) is 57.7 Å². The third-order valence-corrected chi connectivity index (χ3v) is 7.05. The lowest BCUT2D eigenvalue weighted by Crippen LogP contribution is -2.57. The Morgan fingerprint density at radius 2 is 1.74 bits per heavy atom. The summed E-state index contributed by atoms with van der Waals surface area (Å²) in [7, 11) is 0. The number of hydrogen-bond acceptors (Lipinski definition) is 6. The van der Waals surface area contributed by atoms with Gasteiger partial charge in [0.05, 0.1) is 28.0 Å². The summed E-state index contributed by atoms with van der Waals surface area (Å²) in [6.07, 6.45) is 5.60. The third-order valence-electron chi connectivity index (χ3n) is 6.00. The molecular weight excluding hydrogens is 404 g/mol. The number of nitrogens with one attached hydrogen (secondary N) is 1. The van der Waals surface area contributed by atoms with E-state index in [0.717, 1.165) is 44.9 Å². The number of benzene rings is 1. The van der Waals surface area contributed by atoms with Crippen LogP contribution in [0.2, 0.25) is 0 Å². The first kappa shape index (κ1) is 20.2. The number of rotatable bonds is 3. The minimum atomic E-state index is 0.0386. The summed E-state index contributed by atoms with van der Waals surface area (Å²) in [6, 6.07) is 12.8. The second-order valence-electron chi connectivity index (χ2n) is 9.76. The topological polar surface area (TPSA) is 81.7 Å². The van der Waals surface area contributed by atoms with Gasteiger partial charge in [0.25, 0.3) is 0 Å². The van der Waals surface area contributed by atoms with E-state index < -0.39 is 0 Å². The molecule has 0 atom stereocenters. The van der Waals surface area contributed by atoms with Crippen LogP contribution in [0.3, 0.4) is 0 Å². The predicted molar refractivity (Wildman–Crippen MR) is 128 cm³/mol. The smallest absolute Gasteiger partial charge is 0.135 e. The molecule has 5 rings (SSSR count). The lowest BCUT2D eigenvalue weighted by atomic mass is 9.79. The van der Waals surface area contributed by atoms with Crippen molar-refractivity contribution < 1.29 is 0 Å². The molecule has 1 aromatic carbocycles. The summed E-state index contributed by atoms with van der Waals surface area (Å²) in [5, 5.41) is 4.70. The molecule has 160 valence electrons. The zero-order valence-electron chi connectivity index (χ0n) is 18.4.